The van der Waals surface area contributed by atoms with Crippen LogP contribution in [0.15, 0.2) is 12.1 Å². The van der Waals surface area contributed by atoms with Crippen molar-refractivity contribution in [3.63, 3.8) is 0 Å². The summed E-state index contributed by atoms with van der Waals surface area (Å²) in [5.41, 5.74) is 0.141. The lowest BCUT2D eigenvalue weighted by molar-refractivity contribution is -0.131. The van der Waals surface area contributed by atoms with Crippen LogP contribution in [-0.2, 0) is 4.79 Å². The molecule has 0 aliphatic rings. The molecule has 0 spiro atoms. The molecule has 0 N–H and O–H groups in total. The van der Waals surface area contributed by atoms with Gasteiger partial charge in [-0.15, -0.1) is 0 Å². The molecule has 0 amide bonds. The van der Waals surface area contributed by atoms with Gasteiger partial charge in [-0.1, -0.05) is 23.2 Å². The Morgan fingerprint density at radius 1 is 1.20 bits per heavy atom. The Balaban J connectivity index is 3.21. The summed E-state index contributed by atoms with van der Waals surface area (Å²) in [6.45, 7) is 1.22. The Hall–Kier alpha value is -0.770. The molecule has 80 valence electrons. The highest BCUT2D eigenvalue weighted by atomic mass is 35.5. The fraction of sp³-hybridized carbons (Fsp3) is 0.111. The first-order chi connectivity index (χ1) is 6.91. The third kappa shape index (κ3) is 3.09. The SMILES string of the molecule is CC(=O)Oc1c(Cl)cc(C(=O)Cl)cc1Cl. The number of hydrogen-bond donors (Lipinski definition) is 0. The van der Waals surface area contributed by atoms with E-state index in [-0.39, 0.29) is 21.4 Å². The molecule has 15 heavy (non-hydrogen) atoms. The van der Waals surface area contributed by atoms with Gasteiger partial charge in [-0.05, 0) is 23.7 Å². The summed E-state index contributed by atoms with van der Waals surface area (Å²) in [7, 11) is 0. The minimum atomic E-state index is -0.687. The van der Waals surface area contributed by atoms with Crippen molar-refractivity contribution in [2.75, 3.05) is 0 Å². The highest BCUT2D eigenvalue weighted by Gasteiger charge is 2.14. The fourth-order valence-electron chi connectivity index (χ4n) is 0.915. The molecule has 0 saturated carbocycles. The zero-order valence-electron chi connectivity index (χ0n) is 7.51. The molecule has 0 atom stereocenters. The number of halogens is 3. The molecule has 0 saturated heterocycles. The molecule has 1 aromatic rings. The van der Waals surface area contributed by atoms with Crippen molar-refractivity contribution in [1.82, 2.24) is 0 Å². The van der Waals surface area contributed by atoms with Gasteiger partial charge in [0, 0.05) is 12.5 Å². The molecule has 0 radical (unpaired) electrons. The van der Waals surface area contributed by atoms with Gasteiger partial charge in [0.25, 0.3) is 5.24 Å². The van der Waals surface area contributed by atoms with Crippen LogP contribution < -0.4 is 4.74 Å². The number of ether oxygens (including phenoxy) is 1. The van der Waals surface area contributed by atoms with Gasteiger partial charge >= 0.3 is 5.97 Å². The van der Waals surface area contributed by atoms with Crippen LogP contribution in [0.2, 0.25) is 10.0 Å². The largest absolute Gasteiger partial charge is 0.424 e. The molecule has 0 heterocycles. The van der Waals surface area contributed by atoms with E-state index in [1.54, 1.807) is 0 Å². The van der Waals surface area contributed by atoms with Gasteiger partial charge in [0.2, 0.25) is 0 Å². The summed E-state index contributed by atoms with van der Waals surface area (Å²) in [5, 5.41) is -0.573. The third-order valence-electron chi connectivity index (χ3n) is 1.47. The van der Waals surface area contributed by atoms with Gasteiger partial charge in [-0.2, -0.15) is 0 Å². The van der Waals surface area contributed by atoms with Gasteiger partial charge < -0.3 is 4.74 Å². The quantitative estimate of drug-likeness (QED) is 0.469. The molecule has 0 fully saturated rings. The van der Waals surface area contributed by atoms with Crippen molar-refractivity contribution >= 4 is 46.0 Å². The van der Waals surface area contributed by atoms with Crippen molar-refractivity contribution in [3.05, 3.63) is 27.7 Å². The van der Waals surface area contributed by atoms with E-state index in [4.69, 9.17) is 39.5 Å². The van der Waals surface area contributed by atoms with E-state index in [0.717, 1.165) is 0 Å². The molecule has 0 bridgehead atoms. The molecule has 1 rings (SSSR count). The predicted molar refractivity (Wildman–Crippen MR) is 58.0 cm³/mol. The van der Waals surface area contributed by atoms with Crippen LogP contribution in [0.3, 0.4) is 0 Å². The first kappa shape index (κ1) is 12.3. The lowest BCUT2D eigenvalue weighted by atomic mass is 10.2. The second-order valence-electron chi connectivity index (χ2n) is 2.64. The molecule has 1 aromatic carbocycles. The summed E-state index contributed by atoms with van der Waals surface area (Å²) in [6.07, 6.45) is 0. The molecular weight excluding hydrogens is 262 g/mol. The Labute approximate surface area is 101 Å². The number of carbonyl (C=O) groups is 2. The molecule has 3 nitrogen and oxygen atoms in total. The van der Waals surface area contributed by atoms with Gasteiger partial charge in [0.05, 0.1) is 10.0 Å². The Morgan fingerprint density at radius 3 is 2.00 bits per heavy atom. The summed E-state index contributed by atoms with van der Waals surface area (Å²) in [5.74, 6) is -0.531. The van der Waals surface area contributed by atoms with Crippen molar-refractivity contribution in [2.24, 2.45) is 0 Å². The number of hydrogen-bond acceptors (Lipinski definition) is 3. The maximum Gasteiger partial charge on any atom is 0.308 e. The van der Waals surface area contributed by atoms with Crippen LogP contribution in [0.1, 0.15) is 17.3 Å². The summed E-state index contributed by atoms with van der Waals surface area (Å²) >= 11 is 16.7. The average Bonchev–Trinajstić information content (AvgIpc) is 2.10. The second-order valence-corrected chi connectivity index (χ2v) is 3.79. The average molecular weight is 267 g/mol. The highest BCUT2D eigenvalue weighted by Crippen LogP contribution is 2.34. The van der Waals surface area contributed by atoms with E-state index in [2.05, 4.69) is 0 Å². The fourth-order valence-corrected chi connectivity index (χ4v) is 1.59. The van der Waals surface area contributed by atoms with E-state index < -0.39 is 11.2 Å². The van der Waals surface area contributed by atoms with Crippen LogP contribution >= 0.6 is 34.8 Å². The lowest BCUT2D eigenvalue weighted by Crippen LogP contribution is -2.03. The summed E-state index contributed by atoms with van der Waals surface area (Å²) in [4.78, 5) is 21.5. The molecule has 0 aliphatic heterocycles. The first-order valence-electron chi connectivity index (χ1n) is 3.79. The zero-order valence-corrected chi connectivity index (χ0v) is 9.78. The monoisotopic (exact) mass is 266 g/mol. The Morgan fingerprint density at radius 2 is 1.67 bits per heavy atom. The number of esters is 1. The maximum atomic E-state index is 10.8. The van der Waals surface area contributed by atoms with Crippen molar-refractivity contribution in [3.8, 4) is 5.75 Å². The van der Waals surface area contributed by atoms with Gasteiger partial charge in [-0.25, -0.2) is 0 Å². The zero-order chi connectivity index (χ0) is 11.6. The van der Waals surface area contributed by atoms with Crippen LogP contribution in [-0.4, -0.2) is 11.2 Å². The number of benzene rings is 1. The van der Waals surface area contributed by atoms with Crippen molar-refractivity contribution < 1.29 is 14.3 Å². The molecule has 6 heteroatoms. The molecule has 0 aromatic heterocycles. The topological polar surface area (TPSA) is 43.4 Å². The summed E-state index contributed by atoms with van der Waals surface area (Å²) < 4.78 is 4.75. The van der Waals surface area contributed by atoms with Crippen LogP contribution in [0.5, 0.6) is 5.75 Å². The minimum Gasteiger partial charge on any atom is -0.424 e. The first-order valence-corrected chi connectivity index (χ1v) is 4.92. The maximum absolute atomic E-state index is 10.8. The number of carbonyl (C=O) groups excluding carboxylic acids is 2. The van der Waals surface area contributed by atoms with E-state index in [9.17, 15) is 9.59 Å². The Bertz CT molecular complexity index is 406. The summed E-state index contributed by atoms with van der Waals surface area (Å²) in [6, 6.07) is 2.56. The third-order valence-corrected chi connectivity index (χ3v) is 2.25. The van der Waals surface area contributed by atoms with Gasteiger partial charge in [0.1, 0.15) is 0 Å². The van der Waals surface area contributed by atoms with Crippen molar-refractivity contribution in [2.45, 2.75) is 6.92 Å². The Kier molecular flexibility index (Phi) is 3.97. The predicted octanol–water partition coefficient (Wildman–Crippen LogP) is 3.30. The van der Waals surface area contributed by atoms with Crippen LogP contribution in [0, 0.1) is 0 Å². The van der Waals surface area contributed by atoms with Crippen LogP contribution in [0.4, 0.5) is 0 Å². The standard InChI is InChI=1S/C9H5Cl3O3/c1-4(13)15-8-6(10)2-5(9(12)14)3-7(8)11/h2-3H,1H3. The number of rotatable bonds is 2. The lowest BCUT2D eigenvalue weighted by Gasteiger charge is -2.07. The van der Waals surface area contributed by atoms with Crippen molar-refractivity contribution in [1.29, 1.82) is 0 Å². The van der Waals surface area contributed by atoms with E-state index in [1.807, 2.05) is 0 Å². The highest BCUT2D eigenvalue weighted by molar-refractivity contribution is 6.68. The van der Waals surface area contributed by atoms with E-state index >= 15 is 0 Å². The smallest absolute Gasteiger partial charge is 0.308 e. The second kappa shape index (κ2) is 4.84. The van der Waals surface area contributed by atoms with E-state index in [0.29, 0.717) is 0 Å². The molecule has 0 aliphatic carbocycles. The minimum absolute atomic E-state index is 0.0208. The normalized spacial score (nSPS) is 9.87. The van der Waals surface area contributed by atoms with Crippen LogP contribution in [0.25, 0.3) is 0 Å². The molecule has 0 unspecified atom stereocenters. The van der Waals surface area contributed by atoms with Gasteiger partial charge in [0.15, 0.2) is 5.75 Å². The molecular formula is C9H5Cl3O3. The van der Waals surface area contributed by atoms with E-state index in [1.165, 1.54) is 19.1 Å². The van der Waals surface area contributed by atoms with Gasteiger partial charge in [-0.3, -0.25) is 9.59 Å².